The summed E-state index contributed by atoms with van der Waals surface area (Å²) in [7, 11) is 0. The largest absolute Gasteiger partial charge is 0.382 e. The molecule has 3 rings (SSSR count). The van der Waals surface area contributed by atoms with E-state index in [4.69, 9.17) is 5.73 Å². The van der Waals surface area contributed by atoms with Gasteiger partial charge in [0.15, 0.2) is 5.13 Å². The molecule has 2 heterocycles. The smallest absolute Gasteiger partial charge is 0.265 e. The monoisotopic (exact) mass is 280 g/mol. The molecule has 19 heavy (non-hydrogen) atoms. The van der Waals surface area contributed by atoms with Gasteiger partial charge in [0.05, 0.1) is 0 Å². The molecule has 1 aromatic rings. The van der Waals surface area contributed by atoms with Gasteiger partial charge in [-0.25, -0.2) is 4.98 Å². The Labute approximate surface area is 117 Å². The van der Waals surface area contributed by atoms with Crippen molar-refractivity contribution in [2.24, 2.45) is 0 Å². The Morgan fingerprint density at radius 2 is 2.05 bits per heavy atom. The number of nitrogens with one attached hydrogen (secondary N) is 1. The van der Waals surface area contributed by atoms with Crippen LogP contribution in [0.15, 0.2) is 0 Å². The average Bonchev–Trinajstić information content (AvgIpc) is 2.99. The zero-order chi connectivity index (χ0) is 13.5. The van der Waals surface area contributed by atoms with Gasteiger partial charge in [0, 0.05) is 18.6 Å². The molecule has 0 atom stereocenters. The number of nitrogen functional groups attached to an aromatic ring is 1. The number of aromatic nitrogens is 1. The average molecular weight is 280 g/mol. The third kappa shape index (κ3) is 2.68. The fourth-order valence-electron chi connectivity index (χ4n) is 2.35. The number of hydrogen-bond donors (Lipinski definition) is 2. The summed E-state index contributed by atoms with van der Waals surface area (Å²) < 4.78 is 0. The summed E-state index contributed by atoms with van der Waals surface area (Å²) in [4.78, 5) is 19.3. The molecular weight excluding hydrogens is 260 g/mol. The van der Waals surface area contributed by atoms with E-state index in [1.807, 2.05) is 0 Å². The van der Waals surface area contributed by atoms with E-state index in [0.717, 1.165) is 31.1 Å². The van der Waals surface area contributed by atoms with Crippen LogP contribution in [0.1, 0.15) is 48.7 Å². The van der Waals surface area contributed by atoms with Gasteiger partial charge in [-0.2, -0.15) is 0 Å². The fraction of sp³-hybridized carbons (Fsp3) is 0.692. The molecule has 0 radical (unpaired) electrons. The van der Waals surface area contributed by atoms with Crippen LogP contribution in [0.5, 0.6) is 0 Å². The highest BCUT2D eigenvalue weighted by atomic mass is 32.1. The van der Waals surface area contributed by atoms with Gasteiger partial charge in [0.1, 0.15) is 10.7 Å². The second kappa shape index (κ2) is 4.67. The lowest BCUT2D eigenvalue weighted by atomic mass is 10.1. The highest BCUT2D eigenvalue weighted by molar-refractivity contribution is 7.18. The molecule has 0 bridgehead atoms. The molecule has 1 aliphatic carbocycles. The van der Waals surface area contributed by atoms with Crippen molar-refractivity contribution < 1.29 is 4.79 Å². The highest BCUT2D eigenvalue weighted by Gasteiger charge is 2.39. The number of amides is 1. The van der Waals surface area contributed by atoms with Crippen LogP contribution in [0.3, 0.4) is 0 Å². The molecule has 1 saturated heterocycles. The van der Waals surface area contributed by atoms with Gasteiger partial charge in [-0.05, 0) is 39.0 Å². The van der Waals surface area contributed by atoms with Crippen LogP contribution >= 0.6 is 11.3 Å². The van der Waals surface area contributed by atoms with E-state index < -0.39 is 0 Å². The first-order chi connectivity index (χ1) is 9.07. The summed E-state index contributed by atoms with van der Waals surface area (Å²) in [5.74, 6) is 0.297. The van der Waals surface area contributed by atoms with Crippen LogP contribution < -0.4 is 16.0 Å². The Morgan fingerprint density at radius 1 is 1.37 bits per heavy atom. The zero-order valence-corrected chi connectivity index (χ0v) is 12.1. The first kappa shape index (κ1) is 12.7. The Morgan fingerprint density at radius 3 is 2.68 bits per heavy atom. The number of carbonyl (C=O) groups is 1. The van der Waals surface area contributed by atoms with E-state index in [1.165, 1.54) is 30.6 Å². The lowest BCUT2D eigenvalue weighted by molar-refractivity contribution is 0.0940. The molecule has 2 fully saturated rings. The number of thiazole rings is 1. The van der Waals surface area contributed by atoms with Gasteiger partial charge in [0.25, 0.3) is 5.91 Å². The SMILES string of the molecule is CC1(NC(=O)c2sc(N3CCCCC3)nc2N)CC1. The van der Waals surface area contributed by atoms with Gasteiger partial charge < -0.3 is 16.0 Å². The summed E-state index contributed by atoms with van der Waals surface area (Å²) in [5.41, 5.74) is 5.88. The van der Waals surface area contributed by atoms with Gasteiger partial charge in [-0.1, -0.05) is 11.3 Å². The first-order valence-electron chi connectivity index (χ1n) is 6.91. The number of nitrogens with two attached hydrogens (primary N) is 1. The van der Waals surface area contributed by atoms with Crippen molar-refractivity contribution in [2.45, 2.75) is 44.6 Å². The molecule has 5 nitrogen and oxygen atoms in total. The Hall–Kier alpha value is -1.30. The van der Waals surface area contributed by atoms with Crippen LogP contribution in [-0.4, -0.2) is 29.5 Å². The number of piperidine rings is 1. The van der Waals surface area contributed by atoms with E-state index in [0.29, 0.717) is 10.7 Å². The van der Waals surface area contributed by atoms with Crippen molar-refractivity contribution >= 4 is 28.2 Å². The number of rotatable bonds is 3. The van der Waals surface area contributed by atoms with E-state index in [2.05, 4.69) is 22.1 Å². The maximum Gasteiger partial charge on any atom is 0.265 e. The molecule has 0 spiro atoms. The van der Waals surface area contributed by atoms with Crippen molar-refractivity contribution in [3.63, 3.8) is 0 Å². The first-order valence-corrected chi connectivity index (χ1v) is 7.73. The summed E-state index contributed by atoms with van der Waals surface area (Å²) in [5, 5.41) is 3.93. The molecule has 1 amide bonds. The second-order valence-corrected chi connectivity index (χ2v) is 6.75. The van der Waals surface area contributed by atoms with Crippen molar-refractivity contribution in [1.82, 2.24) is 10.3 Å². The summed E-state index contributed by atoms with van der Waals surface area (Å²) in [6, 6.07) is 0. The van der Waals surface area contributed by atoms with E-state index >= 15 is 0 Å². The topological polar surface area (TPSA) is 71.2 Å². The summed E-state index contributed by atoms with van der Waals surface area (Å²) in [6.45, 7) is 4.10. The van der Waals surface area contributed by atoms with E-state index in [9.17, 15) is 4.79 Å². The molecule has 0 aromatic carbocycles. The van der Waals surface area contributed by atoms with Crippen LogP contribution in [0, 0.1) is 0 Å². The predicted molar refractivity (Wildman–Crippen MR) is 77.7 cm³/mol. The molecule has 2 aliphatic rings. The highest BCUT2D eigenvalue weighted by Crippen LogP contribution is 2.36. The van der Waals surface area contributed by atoms with Crippen molar-refractivity contribution in [3.8, 4) is 0 Å². The number of hydrogen-bond acceptors (Lipinski definition) is 5. The van der Waals surface area contributed by atoms with Crippen LogP contribution in [0.2, 0.25) is 0 Å². The van der Waals surface area contributed by atoms with Gasteiger partial charge in [-0.3, -0.25) is 4.79 Å². The minimum atomic E-state index is -0.0711. The minimum absolute atomic E-state index is 0.0151. The van der Waals surface area contributed by atoms with Gasteiger partial charge in [-0.15, -0.1) is 0 Å². The predicted octanol–water partition coefficient (Wildman–Crippen LogP) is 2.00. The molecule has 104 valence electrons. The Bertz CT molecular complexity index is 489. The Kier molecular flexibility index (Phi) is 3.12. The number of anilines is 2. The van der Waals surface area contributed by atoms with Crippen molar-refractivity contribution in [2.75, 3.05) is 23.7 Å². The van der Waals surface area contributed by atoms with Crippen molar-refractivity contribution in [1.29, 1.82) is 0 Å². The molecule has 1 saturated carbocycles. The van der Waals surface area contributed by atoms with Crippen LogP contribution in [0.25, 0.3) is 0 Å². The lowest BCUT2D eigenvalue weighted by Crippen LogP contribution is -2.34. The zero-order valence-electron chi connectivity index (χ0n) is 11.2. The third-order valence-electron chi connectivity index (χ3n) is 3.89. The maximum atomic E-state index is 12.2. The normalized spacial score (nSPS) is 21.2. The molecular formula is C13H20N4OS. The summed E-state index contributed by atoms with van der Waals surface area (Å²) in [6.07, 6.45) is 5.77. The Balaban J connectivity index is 1.74. The van der Waals surface area contributed by atoms with E-state index in [-0.39, 0.29) is 11.4 Å². The third-order valence-corrected chi connectivity index (χ3v) is 5.02. The molecule has 1 aliphatic heterocycles. The van der Waals surface area contributed by atoms with Crippen LogP contribution in [-0.2, 0) is 0 Å². The van der Waals surface area contributed by atoms with Gasteiger partial charge in [0.2, 0.25) is 0 Å². The maximum absolute atomic E-state index is 12.2. The minimum Gasteiger partial charge on any atom is -0.382 e. The number of nitrogens with zero attached hydrogens (tertiary/aromatic N) is 2. The molecule has 1 aromatic heterocycles. The summed E-state index contributed by atoms with van der Waals surface area (Å²) >= 11 is 1.42. The number of carbonyl (C=O) groups excluding carboxylic acids is 1. The fourth-order valence-corrected chi connectivity index (χ4v) is 3.28. The van der Waals surface area contributed by atoms with Crippen LogP contribution in [0.4, 0.5) is 10.9 Å². The van der Waals surface area contributed by atoms with Gasteiger partial charge >= 0.3 is 0 Å². The molecule has 3 N–H and O–H groups in total. The quantitative estimate of drug-likeness (QED) is 0.888. The van der Waals surface area contributed by atoms with E-state index in [1.54, 1.807) is 0 Å². The second-order valence-electron chi connectivity index (χ2n) is 5.77. The molecule has 6 heteroatoms. The molecule has 0 unspecified atom stereocenters. The lowest BCUT2D eigenvalue weighted by Gasteiger charge is -2.25. The van der Waals surface area contributed by atoms with Crippen molar-refractivity contribution in [3.05, 3.63) is 4.88 Å². The standard InChI is InChI=1S/C13H20N4OS/c1-13(5-6-13)16-11(18)9-10(14)15-12(19-9)17-7-3-2-4-8-17/h2-8,14H2,1H3,(H,16,18).